The SMILES string of the molecule is C[C@@]1(CO)C[C@@H](Cc2ccc(-c3cc(Cl)ccc3F)cc2)NC1=O.C[C@@]1(COC2CCCCO2)C[C@@H](Cc2ccc(-c3cc(Cl)ccc3F)cc2)NC1=O. The molecule has 11 heteroatoms. The van der Waals surface area contributed by atoms with Gasteiger partial charge in [-0.2, -0.15) is 0 Å². The van der Waals surface area contributed by atoms with Crippen LogP contribution in [0, 0.1) is 22.5 Å². The maximum atomic E-state index is 14.1. The van der Waals surface area contributed by atoms with E-state index in [1.165, 1.54) is 18.2 Å². The van der Waals surface area contributed by atoms with Gasteiger partial charge in [-0.15, -0.1) is 0 Å². The van der Waals surface area contributed by atoms with Crippen LogP contribution in [0.2, 0.25) is 10.0 Å². The Hall–Kier alpha value is -3.86. The van der Waals surface area contributed by atoms with E-state index in [2.05, 4.69) is 10.6 Å². The summed E-state index contributed by atoms with van der Waals surface area (Å²) in [5, 5.41) is 16.4. The van der Waals surface area contributed by atoms with E-state index < -0.39 is 10.8 Å². The lowest BCUT2D eigenvalue weighted by Crippen LogP contribution is -2.36. The van der Waals surface area contributed by atoms with Crippen LogP contribution in [-0.2, 0) is 31.9 Å². The van der Waals surface area contributed by atoms with E-state index in [1.807, 2.05) is 55.5 Å². The number of aliphatic hydroxyl groups is 1. The van der Waals surface area contributed by atoms with Gasteiger partial charge in [0.15, 0.2) is 6.29 Å². The number of carbonyl (C=O) groups excluding carboxylic acids is 2. The van der Waals surface area contributed by atoms with Gasteiger partial charge in [0.2, 0.25) is 11.8 Å². The van der Waals surface area contributed by atoms with E-state index in [0.717, 1.165) is 54.5 Å². The molecule has 3 fully saturated rings. The fourth-order valence-electron chi connectivity index (χ4n) is 7.37. The number of halogens is 4. The average Bonchev–Trinajstić information content (AvgIpc) is 3.62. The molecule has 1 unspecified atom stereocenters. The number of hydrogen-bond donors (Lipinski definition) is 3. The highest BCUT2D eigenvalue weighted by Crippen LogP contribution is 2.34. The first-order valence-corrected chi connectivity index (χ1v) is 19.1. The second-order valence-electron chi connectivity index (χ2n) is 15.2. The predicted octanol–water partition coefficient (Wildman–Crippen LogP) is 8.70. The van der Waals surface area contributed by atoms with Crippen molar-refractivity contribution in [3.05, 3.63) is 118 Å². The van der Waals surface area contributed by atoms with E-state index >= 15 is 0 Å². The van der Waals surface area contributed by atoms with Crippen molar-refractivity contribution >= 4 is 35.0 Å². The molecule has 0 aliphatic carbocycles. The predicted molar refractivity (Wildman–Crippen MR) is 207 cm³/mol. The second kappa shape index (κ2) is 17.3. The number of rotatable bonds is 10. The van der Waals surface area contributed by atoms with Gasteiger partial charge in [0.25, 0.3) is 0 Å². The quantitative estimate of drug-likeness (QED) is 0.150. The molecule has 0 spiro atoms. The lowest BCUT2D eigenvalue weighted by Gasteiger charge is -2.27. The van der Waals surface area contributed by atoms with Crippen molar-refractivity contribution in [2.24, 2.45) is 10.8 Å². The molecule has 4 aromatic carbocycles. The zero-order valence-corrected chi connectivity index (χ0v) is 32.0. The highest BCUT2D eigenvalue weighted by atomic mass is 35.5. The first-order chi connectivity index (χ1) is 25.8. The molecule has 0 bridgehead atoms. The third-order valence-corrected chi connectivity index (χ3v) is 11.1. The molecule has 7 rings (SSSR count). The van der Waals surface area contributed by atoms with Crippen LogP contribution >= 0.6 is 23.2 Å². The van der Waals surface area contributed by atoms with E-state index in [9.17, 15) is 23.5 Å². The molecular formula is C43H46Cl2F2N2O5. The van der Waals surface area contributed by atoms with Crippen LogP contribution in [-0.4, -0.2) is 55.1 Å². The van der Waals surface area contributed by atoms with Crippen molar-refractivity contribution in [3.63, 3.8) is 0 Å². The molecule has 0 radical (unpaired) electrons. The normalized spacial score (nSPS) is 25.1. The summed E-state index contributed by atoms with van der Waals surface area (Å²) in [5.41, 5.74) is 3.38. The summed E-state index contributed by atoms with van der Waals surface area (Å²) < 4.78 is 39.5. The number of aliphatic hydroxyl groups excluding tert-OH is 1. The van der Waals surface area contributed by atoms with Crippen molar-refractivity contribution in [1.29, 1.82) is 0 Å². The summed E-state index contributed by atoms with van der Waals surface area (Å²) in [4.78, 5) is 24.5. The fourth-order valence-corrected chi connectivity index (χ4v) is 7.71. The summed E-state index contributed by atoms with van der Waals surface area (Å²) in [6.45, 7) is 4.67. The average molecular weight is 780 g/mol. The molecule has 5 atom stereocenters. The molecule has 3 aliphatic heterocycles. The van der Waals surface area contributed by atoms with Crippen molar-refractivity contribution in [1.82, 2.24) is 10.6 Å². The molecule has 2 amide bonds. The van der Waals surface area contributed by atoms with Crippen LogP contribution in [0.1, 0.15) is 57.1 Å². The first-order valence-electron chi connectivity index (χ1n) is 18.4. The Morgan fingerprint density at radius 1 is 0.741 bits per heavy atom. The number of amides is 2. The van der Waals surface area contributed by atoms with Crippen LogP contribution < -0.4 is 10.6 Å². The van der Waals surface area contributed by atoms with E-state index in [1.54, 1.807) is 25.1 Å². The van der Waals surface area contributed by atoms with Crippen molar-refractivity contribution in [3.8, 4) is 22.3 Å². The number of hydrogen-bond acceptors (Lipinski definition) is 5. The van der Waals surface area contributed by atoms with Gasteiger partial charge in [0, 0.05) is 39.9 Å². The van der Waals surface area contributed by atoms with Crippen LogP contribution in [0.3, 0.4) is 0 Å². The summed E-state index contributed by atoms with van der Waals surface area (Å²) in [6.07, 6.45) is 5.59. The number of ether oxygens (including phenoxy) is 2. The highest BCUT2D eigenvalue weighted by molar-refractivity contribution is 6.31. The monoisotopic (exact) mass is 778 g/mol. The largest absolute Gasteiger partial charge is 0.395 e. The minimum atomic E-state index is -0.700. The summed E-state index contributed by atoms with van der Waals surface area (Å²) in [6, 6.07) is 24.4. The number of carbonyl (C=O) groups is 2. The molecule has 0 saturated carbocycles. The minimum Gasteiger partial charge on any atom is -0.395 e. The van der Waals surface area contributed by atoms with Crippen LogP contribution in [0.4, 0.5) is 8.78 Å². The maximum absolute atomic E-state index is 14.1. The van der Waals surface area contributed by atoms with E-state index in [-0.39, 0.29) is 48.4 Å². The molecule has 3 heterocycles. The smallest absolute Gasteiger partial charge is 0.228 e. The van der Waals surface area contributed by atoms with Crippen molar-refractivity contribution in [2.75, 3.05) is 19.8 Å². The second-order valence-corrected chi connectivity index (χ2v) is 16.1. The molecule has 3 aliphatic rings. The van der Waals surface area contributed by atoms with Gasteiger partial charge in [-0.05, 0) is 117 Å². The molecule has 7 nitrogen and oxygen atoms in total. The summed E-state index contributed by atoms with van der Waals surface area (Å²) in [5.74, 6) is -0.685. The zero-order valence-electron chi connectivity index (χ0n) is 30.5. The topological polar surface area (TPSA) is 96.9 Å². The Morgan fingerprint density at radius 2 is 1.22 bits per heavy atom. The first kappa shape index (κ1) is 39.8. The van der Waals surface area contributed by atoms with Gasteiger partial charge in [-0.3, -0.25) is 9.59 Å². The number of nitrogens with one attached hydrogen (secondary N) is 2. The molecule has 0 aromatic heterocycles. The lowest BCUT2D eigenvalue weighted by atomic mass is 9.86. The Labute approximate surface area is 325 Å². The van der Waals surface area contributed by atoms with Gasteiger partial charge in [-0.25, -0.2) is 8.78 Å². The van der Waals surface area contributed by atoms with Crippen LogP contribution in [0.15, 0.2) is 84.9 Å². The molecule has 3 saturated heterocycles. The zero-order chi connectivity index (χ0) is 38.5. The highest BCUT2D eigenvalue weighted by Gasteiger charge is 2.44. The van der Waals surface area contributed by atoms with Crippen LogP contribution in [0.25, 0.3) is 22.3 Å². The molecule has 286 valence electrons. The van der Waals surface area contributed by atoms with Crippen LogP contribution in [0.5, 0.6) is 0 Å². The van der Waals surface area contributed by atoms with Gasteiger partial charge in [-0.1, -0.05) is 71.7 Å². The lowest BCUT2D eigenvalue weighted by molar-refractivity contribution is -0.178. The standard InChI is InChI=1S/C24H27ClFNO3.C19H19ClFNO2/c1-24(15-30-22-4-2-3-11-29-22)14-19(27-23(24)28)12-16-5-7-17(8-6-16)20-13-18(25)9-10-21(20)26;1-19(11-23)10-15(22-18(19)24)8-12-2-4-13(5-3-12)16-9-14(20)6-7-17(16)21/h5-10,13,19,22H,2-4,11-12,14-15H2,1H3,(H,27,28);2-7,9,15,23H,8,10-11H2,1H3,(H,22,24)/t19-,22?,24+;15-,19+/m11/s1. The van der Waals surface area contributed by atoms with Gasteiger partial charge >= 0.3 is 0 Å². The van der Waals surface area contributed by atoms with Gasteiger partial charge in [0.05, 0.1) is 24.0 Å². The minimum absolute atomic E-state index is 0.00315. The van der Waals surface area contributed by atoms with Crippen molar-refractivity contribution < 1.29 is 33.0 Å². The summed E-state index contributed by atoms with van der Waals surface area (Å²) in [7, 11) is 0. The third kappa shape index (κ3) is 9.68. The van der Waals surface area contributed by atoms with E-state index in [4.69, 9.17) is 32.7 Å². The number of benzene rings is 4. The third-order valence-electron chi connectivity index (χ3n) is 10.6. The molecule has 3 N–H and O–H groups in total. The van der Waals surface area contributed by atoms with Gasteiger partial charge < -0.3 is 25.2 Å². The fraction of sp³-hybridized carbons (Fsp3) is 0.395. The summed E-state index contributed by atoms with van der Waals surface area (Å²) >= 11 is 11.9. The van der Waals surface area contributed by atoms with Crippen molar-refractivity contribution in [2.45, 2.75) is 77.2 Å². The van der Waals surface area contributed by atoms with E-state index in [0.29, 0.717) is 47.0 Å². The Morgan fingerprint density at radius 3 is 1.67 bits per heavy atom. The maximum Gasteiger partial charge on any atom is 0.228 e. The Bertz CT molecular complexity index is 1940. The molecule has 4 aromatic rings. The molecule has 54 heavy (non-hydrogen) atoms. The van der Waals surface area contributed by atoms with Gasteiger partial charge in [0.1, 0.15) is 11.6 Å². The molecular weight excluding hydrogens is 733 g/mol. The Balaban J connectivity index is 0.000000189. The Kier molecular flexibility index (Phi) is 12.8.